The van der Waals surface area contributed by atoms with Gasteiger partial charge in [-0.25, -0.2) is 4.98 Å². The maximum Gasteiger partial charge on any atom is 0.256 e. The zero-order valence-electron chi connectivity index (χ0n) is 15.4. The minimum Gasteiger partial charge on any atom is -0.328 e. The third-order valence-electron chi connectivity index (χ3n) is 4.67. The van der Waals surface area contributed by atoms with Gasteiger partial charge in [0, 0.05) is 12.5 Å². The molecular weight excluding hydrogens is 316 g/mol. The summed E-state index contributed by atoms with van der Waals surface area (Å²) in [7, 11) is 0. The van der Waals surface area contributed by atoms with E-state index in [0.717, 1.165) is 48.8 Å². The molecule has 25 heavy (non-hydrogen) atoms. The molecule has 1 atom stereocenters. The van der Waals surface area contributed by atoms with E-state index in [1.54, 1.807) is 0 Å². The summed E-state index contributed by atoms with van der Waals surface area (Å²) in [6.45, 7) is 8.72. The van der Waals surface area contributed by atoms with Crippen molar-refractivity contribution in [3.05, 3.63) is 34.7 Å². The van der Waals surface area contributed by atoms with Crippen LogP contribution in [-0.4, -0.2) is 42.7 Å². The Morgan fingerprint density at radius 3 is 2.84 bits per heavy atom. The summed E-state index contributed by atoms with van der Waals surface area (Å²) in [5, 5.41) is 15.7. The fraction of sp³-hybridized carbons (Fsp3) is 0.611. The van der Waals surface area contributed by atoms with E-state index in [9.17, 15) is 4.79 Å². The lowest BCUT2D eigenvalue weighted by Gasteiger charge is -2.34. The number of nitrogens with one attached hydrogen (secondary N) is 1. The first kappa shape index (κ1) is 17.5. The van der Waals surface area contributed by atoms with E-state index in [2.05, 4.69) is 39.2 Å². The molecule has 1 amide bonds. The number of hydrogen-bond donors (Lipinski definition) is 1. The molecule has 1 aliphatic heterocycles. The number of H-pyrrole nitrogens is 1. The van der Waals surface area contributed by atoms with Gasteiger partial charge in [0.05, 0.1) is 23.0 Å². The van der Waals surface area contributed by atoms with Crippen LogP contribution in [-0.2, 0) is 6.42 Å². The number of likely N-dealkylation sites (tertiary alicyclic amines) is 1. The van der Waals surface area contributed by atoms with Crippen molar-refractivity contribution in [1.82, 2.24) is 30.3 Å². The number of aromatic amines is 1. The van der Waals surface area contributed by atoms with Crippen molar-refractivity contribution in [3.63, 3.8) is 0 Å². The van der Waals surface area contributed by atoms with E-state index < -0.39 is 0 Å². The maximum atomic E-state index is 13.3. The molecule has 7 nitrogen and oxygen atoms in total. The van der Waals surface area contributed by atoms with Gasteiger partial charge in [-0.1, -0.05) is 20.8 Å². The molecule has 1 aliphatic rings. The molecule has 0 saturated carbocycles. The van der Waals surface area contributed by atoms with Gasteiger partial charge in [-0.2, -0.15) is 15.3 Å². The van der Waals surface area contributed by atoms with Gasteiger partial charge in [-0.05, 0) is 38.7 Å². The normalized spacial score (nSPS) is 18.0. The van der Waals surface area contributed by atoms with Crippen LogP contribution < -0.4 is 0 Å². The summed E-state index contributed by atoms with van der Waals surface area (Å²) < 4.78 is 0. The predicted molar refractivity (Wildman–Crippen MR) is 94.2 cm³/mol. The molecule has 0 aromatic carbocycles. The fourth-order valence-electron chi connectivity index (χ4n) is 3.27. The van der Waals surface area contributed by atoms with Crippen LogP contribution in [0.1, 0.15) is 85.4 Å². The van der Waals surface area contributed by atoms with Crippen LogP contribution in [0.25, 0.3) is 0 Å². The van der Waals surface area contributed by atoms with Crippen LogP contribution in [0.2, 0.25) is 0 Å². The SMILES string of the molecule is CCc1nnc(C)cc1C(=O)N1CCCC[C@H]1c1nc(C(C)C)n[nH]1. The molecule has 134 valence electrons. The lowest BCUT2D eigenvalue weighted by molar-refractivity contribution is 0.0598. The highest BCUT2D eigenvalue weighted by atomic mass is 16.2. The maximum absolute atomic E-state index is 13.3. The predicted octanol–water partition coefficient (Wildman–Crippen LogP) is 2.96. The fourth-order valence-corrected chi connectivity index (χ4v) is 3.27. The van der Waals surface area contributed by atoms with Crippen molar-refractivity contribution < 1.29 is 4.79 Å². The van der Waals surface area contributed by atoms with Gasteiger partial charge in [-0.15, -0.1) is 0 Å². The van der Waals surface area contributed by atoms with Crippen LogP contribution >= 0.6 is 0 Å². The molecule has 2 aromatic rings. The van der Waals surface area contributed by atoms with Gasteiger partial charge >= 0.3 is 0 Å². The molecule has 0 unspecified atom stereocenters. The van der Waals surface area contributed by atoms with Gasteiger partial charge in [0.2, 0.25) is 0 Å². The van der Waals surface area contributed by atoms with Crippen LogP contribution in [0.3, 0.4) is 0 Å². The van der Waals surface area contributed by atoms with Crippen molar-refractivity contribution in [2.45, 2.75) is 65.3 Å². The van der Waals surface area contributed by atoms with E-state index in [-0.39, 0.29) is 17.9 Å². The summed E-state index contributed by atoms with van der Waals surface area (Å²) in [4.78, 5) is 19.8. The number of aryl methyl sites for hydroxylation is 2. The Morgan fingerprint density at radius 1 is 1.36 bits per heavy atom. The molecule has 3 heterocycles. The highest BCUT2D eigenvalue weighted by molar-refractivity contribution is 5.95. The van der Waals surface area contributed by atoms with Crippen molar-refractivity contribution >= 4 is 5.91 Å². The Hall–Kier alpha value is -2.31. The Kier molecular flexibility index (Phi) is 5.11. The standard InChI is InChI=1S/C18H26N6O/c1-5-14-13(10-12(4)20-21-14)18(25)24-9-7-6-8-15(24)17-19-16(11(2)3)22-23-17/h10-11,15H,5-9H2,1-4H3,(H,19,22,23)/t15-/m0/s1. The molecule has 2 aromatic heterocycles. The smallest absolute Gasteiger partial charge is 0.256 e. The highest BCUT2D eigenvalue weighted by Gasteiger charge is 2.32. The number of carbonyl (C=O) groups excluding carboxylic acids is 1. The molecule has 1 fully saturated rings. The minimum absolute atomic E-state index is 0.0158. The second kappa shape index (κ2) is 7.29. The van der Waals surface area contributed by atoms with Gasteiger partial charge < -0.3 is 4.90 Å². The summed E-state index contributed by atoms with van der Waals surface area (Å²) in [5.41, 5.74) is 2.17. The first-order valence-electron chi connectivity index (χ1n) is 9.07. The number of amides is 1. The number of aromatic nitrogens is 5. The van der Waals surface area contributed by atoms with Crippen molar-refractivity contribution in [1.29, 1.82) is 0 Å². The van der Waals surface area contributed by atoms with Crippen molar-refractivity contribution in [2.24, 2.45) is 0 Å². The van der Waals surface area contributed by atoms with E-state index in [4.69, 9.17) is 0 Å². The average Bonchev–Trinajstić information content (AvgIpc) is 3.11. The Bertz CT molecular complexity index is 754. The Morgan fingerprint density at radius 2 is 2.16 bits per heavy atom. The number of hydrogen-bond acceptors (Lipinski definition) is 5. The average molecular weight is 342 g/mol. The summed E-state index contributed by atoms with van der Waals surface area (Å²) in [5.74, 6) is 1.86. The molecule has 7 heteroatoms. The van der Waals surface area contributed by atoms with Crippen LogP contribution in [0.5, 0.6) is 0 Å². The molecular formula is C18H26N6O. The van der Waals surface area contributed by atoms with Crippen molar-refractivity contribution in [2.75, 3.05) is 6.54 Å². The molecule has 0 radical (unpaired) electrons. The van der Waals surface area contributed by atoms with E-state index >= 15 is 0 Å². The van der Waals surface area contributed by atoms with Crippen LogP contribution in [0, 0.1) is 6.92 Å². The summed E-state index contributed by atoms with van der Waals surface area (Å²) in [6, 6.07) is 1.79. The van der Waals surface area contributed by atoms with Gasteiger partial charge in [0.15, 0.2) is 5.82 Å². The molecule has 0 aliphatic carbocycles. The molecule has 0 bridgehead atoms. The van der Waals surface area contributed by atoms with Gasteiger partial charge in [-0.3, -0.25) is 9.89 Å². The summed E-state index contributed by atoms with van der Waals surface area (Å²) >= 11 is 0. The first-order chi connectivity index (χ1) is 12.0. The third-order valence-corrected chi connectivity index (χ3v) is 4.67. The van der Waals surface area contributed by atoms with Crippen LogP contribution in [0.15, 0.2) is 6.07 Å². The Balaban J connectivity index is 1.92. The monoisotopic (exact) mass is 342 g/mol. The summed E-state index contributed by atoms with van der Waals surface area (Å²) in [6.07, 6.45) is 3.68. The molecule has 1 saturated heterocycles. The minimum atomic E-state index is -0.0561. The zero-order chi connectivity index (χ0) is 18.0. The molecule has 3 rings (SSSR count). The number of carbonyl (C=O) groups is 1. The van der Waals surface area contributed by atoms with E-state index in [1.165, 1.54) is 0 Å². The quantitative estimate of drug-likeness (QED) is 0.923. The van der Waals surface area contributed by atoms with E-state index in [0.29, 0.717) is 12.0 Å². The van der Waals surface area contributed by atoms with E-state index in [1.807, 2.05) is 24.8 Å². The second-order valence-corrected chi connectivity index (χ2v) is 6.94. The van der Waals surface area contributed by atoms with Crippen molar-refractivity contribution in [3.8, 4) is 0 Å². The van der Waals surface area contributed by atoms with Gasteiger partial charge in [0.25, 0.3) is 5.91 Å². The molecule has 0 spiro atoms. The highest BCUT2D eigenvalue weighted by Crippen LogP contribution is 2.31. The van der Waals surface area contributed by atoms with Crippen LogP contribution in [0.4, 0.5) is 0 Å². The third kappa shape index (κ3) is 3.55. The number of nitrogens with zero attached hydrogens (tertiary/aromatic N) is 5. The topological polar surface area (TPSA) is 87.7 Å². The van der Waals surface area contributed by atoms with Gasteiger partial charge in [0.1, 0.15) is 5.82 Å². The lowest BCUT2D eigenvalue weighted by Crippen LogP contribution is -2.39. The molecule has 1 N–H and O–H groups in total. The Labute approximate surface area is 148 Å². The zero-order valence-corrected chi connectivity index (χ0v) is 15.4. The largest absolute Gasteiger partial charge is 0.328 e. The number of piperidine rings is 1. The second-order valence-electron chi connectivity index (χ2n) is 6.94. The number of rotatable bonds is 4. The first-order valence-corrected chi connectivity index (χ1v) is 9.07. The lowest BCUT2D eigenvalue weighted by atomic mass is 9.99.